The molecule has 0 spiro atoms. The van der Waals surface area contributed by atoms with Crippen molar-refractivity contribution in [2.24, 2.45) is 5.73 Å². The Morgan fingerprint density at radius 3 is 3.07 bits per heavy atom. The van der Waals surface area contributed by atoms with Gasteiger partial charge in [0.25, 0.3) is 0 Å². The van der Waals surface area contributed by atoms with Gasteiger partial charge in [0.15, 0.2) is 0 Å². The zero-order valence-corrected chi connectivity index (χ0v) is 7.99. The lowest BCUT2D eigenvalue weighted by Crippen LogP contribution is -2.15. The molecule has 72 valence electrons. The SMILES string of the molecule is NC(=O)Cc1cccc2c1CCC=C2. The van der Waals surface area contributed by atoms with E-state index in [0.717, 1.165) is 18.4 Å². The van der Waals surface area contributed by atoms with Gasteiger partial charge in [-0.25, -0.2) is 0 Å². The molecule has 1 aliphatic rings. The van der Waals surface area contributed by atoms with Crippen LogP contribution in [0.5, 0.6) is 0 Å². The van der Waals surface area contributed by atoms with Crippen molar-refractivity contribution in [3.05, 3.63) is 41.0 Å². The Labute approximate surface area is 83.4 Å². The van der Waals surface area contributed by atoms with Gasteiger partial charge in [0.05, 0.1) is 6.42 Å². The van der Waals surface area contributed by atoms with E-state index in [4.69, 9.17) is 5.73 Å². The fourth-order valence-electron chi connectivity index (χ4n) is 1.91. The second-order valence-electron chi connectivity index (χ2n) is 3.57. The summed E-state index contributed by atoms with van der Waals surface area (Å²) in [5, 5.41) is 0. The Hall–Kier alpha value is -1.57. The predicted octanol–water partition coefficient (Wildman–Crippen LogP) is 1.67. The van der Waals surface area contributed by atoms with Crippen molar-refractivity contribution in [2.45, 2.75) is 19.3 Å². The summed E-state index contributed by atoms with van der Waals surface area (Å²) < 4.78 is 0. The highest BCUT2D eigenvalue weighted by Crippen LogP contribution is 2.22. The van der Waals surface area contributed by atoms with E-state index in [1.165, 1.54) is 11.1 Å². The first-order chi connectivity index (χ1) is 6.77. The van der Waals surface area contributed by atoms with Gasteiger partial charge in [0.1, 0.15) is 0 Å². The van der Waals surface area contributed by atoms with Crippen LogP contribution in [0, 0.1) is 0 Å². The molecule has 2 heteroatoms. The summed E-state index contributed by atoms with van der Waals surface area (Å²) in [5.41, 5.74) is 8.80. The summed E-state index contributed by atoms with van der Waals surface area (Å²) in [6.07, 6.45) is 6.72. The molecule has 0 saturated heterocycles. The van der Waals surface area contributed by atoms with E-state index in [0.29, 0.717) is 6.42 Å². The molecule has 2 N–H and O–H groups in total. The van der Waals surface area contributed by atoms with Gasteiger partial charge < -0.3 is 5.73 Å². The average molecular weight is 187 g/mol. The molecule has 2 nitrogen and oxygen atoms in total. The Morgan fingerprint density at radius 1 is 1.43 bits per heavy atom. The zero-order chi connectivity index (χ0) is 9.97. The van der Waals surface area contributed by atoms with Crippen LogP contribution in [0.2, 0.25) is 0 Å². The monoisotopic (exact) mass is 187 g/mol. The number of amides is 1. The number of nitrogens with two attached hydrogens (primary N) is 1. The standard InChI is InChI=1S/C12H13NO/c13-12(14)8-10-6-3-5-9-4-1-2-7-11(9)10/h1,3-6H,2,7-8H2,(H2,13,14). The van der Waals surface area contributed by atoms with Crippen molar-refractivity contribution in [1.82, 2.24) is 0 Å². The van der Waals surface area contributed by atoms with Crippen molar-refractivity contribution >= 4 is 12.0 Å². The third-order valence-corrected chi connectivity index (χ3v) is 2.53. The Balaban J connectivity index is 2.41. The third kappa shape index (κ3) is 1.69. The maximum Gasteiger partial charge on any atom is 0.221 e. The van der Waals surface area contributed by atoms with E-state index in [1.807, 2.05) is 12.1 Å². The Kier molecular flexibility index (Phi) is 2.35. The quantitative estimate of drug-likeness (QED) is 0.752. The van der Waals surface area contributed by atoms with Crippen LogP contribution >= 0.6 is 0 Å². The lowest BCUT2D eigenvalue weighted by atomic mass is 9.91. The largest absolute Gasteiger partial charge is 0.369 e. The molecule has 0 atom stereocenters. The van der Waals surface area contributed by atoms with Crippen LogP contribution in [0.15, 0.2) is 24.3 Å². The molecule has 2 rings (SSSR count). The van der Waals surface area contributed by atoms with E-state index in [1.54, 1.807) is 0 Å². The Bertz CT molecular complexity index is 393. The summed E-state index contributed by atoms with van der Waals surface area (Å²) in [6.45, 7) is 0. The number of carbonyl (C=O) groups excluding carboxylic acids is 1. The molecule has 0 saturated carbocycles. The summed E-state index contributed by atoms with van der Waals surface area (Å²) in [7, 11) is 0. The Morgan fingerprint density at radius 2 is 2.29 bits per heavy atom. The molecule has 1 amide bonds. The van der Waals surface area contributed by atoms with Crippen LogP contribution in [0.3, 0.4) is 0 Å². The normalized spacial score (nSPS) is 13.7. The second kappa shape index (κ2) is 3.66. The van der Waals surface area contributed by atoms with E-state index in [2.05, 4.69) is 18.2 Å². The number of hydrogen-bond acceptors (Lipinski definition) is 1. The summed E-state index contributed by atoms with van der Waals surface area (Å²) in [5.74, 6) is -0.257. The van der Waals surface area contributed by atoms with Gasteiger partial charge in [-0.2, -0.15) is 0 Å². The van der Waals surface area contributed by atoms with Gasteiger partial charge >= 0.3 is 0 Å². The molecule has 0 aromatic heterocycles. The maximum atomic E-state index is 10.9. The van der Waals surface area contributed by atoms with E-state index in [9.17, 15) is 4.79 Å². The van der Waals surface area contributed by atoms with Crippen molar-refractivity contribution in [3.63, 3.8) is 0 Å². The first-order valence-corrected chi connectivity index (χ1v) is 4.83. The summed E-state index contributed by atoms with van der Waals surface area (Å²) in [6, 6.07) is 6.05. The highest BCUT2D eigenvalue weighted by atomic mass is 16.1. The lowest BCUT2D eigenvalue weighted by molar-refractivity contribution is -0.117. The molecule has 1 aromatic carbocycles. The topological polar surface area (TPSA) is 43.1 Å². The molecule has 1 aliphatic carbocycles. The highest BCUT2D eigenvalue weighted by molar-refractivity contribution is 5.77. The van der Waals surface area contributed by atoms with Crippen molar-refractivity contribution in [3.8, 4) is 0 Å². The number of benzene rings is 1. The van der Waals surface area contributed by atoms with E-state index >= 15 is 0 Å². The highest BCUT2D eigenvalue weighted by Gasteiger charge is 2.10. The smallest absolute Gasteiger partial charge is 0.221 e. The second-order valence-corrected chi connectivity index (χ2v) is 3.57. The predicted molar refractivity (Wildman–Crippen MR) is 56.7 cm³/mol. The number of hydrogen-bond donors (Lipinski definition) is 1. The molecule has 0 bridgehead atoms. The molecule has 0 aliphatic heterocycles. The van der Waals surface area contributed by atoms with Crippen molar-refractivity contribution < 1.29 is 4.79 Å². The van der Waals surface area contributed by atoms with Crippen LogP contribution < -0.4 is 5.73 Å². The van der Waals surface area contributed by atoms with Gasteiger partial charge in [0.2, 0.25) is 5.91 Å². The number of allylic oxidation sites excluding steroid dienone is 1. The first kappa shape index (κ1) is 9.00. The molecule has 0 radical (unpaired) electrons. The molecular weight excluding hydrogens is 174 g/mol. The third-order valence-electron chi connectivity index (χ3n) is 2.53. The van der Waals surface area contributed by atoms with E-state index < -0.39 is 0 Å². The van der Waals surface area contributed by atoms with Gasteiger partial charge in [-0.3, -0.25) is 4.79 Å². The molecule has 14 heavy (non-hydrogen) atoms. The molecule has 1 aromatic rings. The van der Waals surface area contributed by atoms with Crippen LogP contribution in [0.4, 0.5) is 0 Å². The van der Waals surface area contributed by atoms with Crippen LogP contribution in [-0.2, 0) is 17.6 Å². The van der Waals surface area contributed by atoms with Crippen molar-refractivity contribution in [1.29, 1.82) is 0 Å². The minimum atomic E-state index is -0.257. The minimum Gasteiger partial charge on any atom is -0.369 e. The number of fused-ring (bicyclic) bond motifs is 1. The van der Waals surface area contributed by atoms with Crippen molar-refractivity contribution in [2.75, 3.05) is 0 Å². The fraction of sp³-hybridized carbons (Fsp3) is 0.250. The number of carbonyl (C=O) groups is 1. The molecule has 0 unspecified atom stereocenters. The van der Waals surface area contributed by atoms with Gasteiger partial charge in [-0.05, 0) is 29.5 Å². The van der Waals surface area contributed by atoms with Gasteiger partial charge in [0, 0.05) is 0 Å². The van der Waals surface area contributed by atoms with Crippen LogP contribution in [-0.4, -0.2) is 5.91 Å². The zero-order valence-electron chi connectivity index (χ0n) is 7.99. The van der Waals surface area contributed by atoms with E-state index in [-0.39, 0.29) is 5.91 Å². The summed E-state index contributed by atoms with van der Waals surface area (Å²) in [4.78, 5) is 10.9. The maximum absolute atomic E-state index is 10.9. The average Bonchev–Trinajstić information content (AvgIpc) is 2.18. The number of primary amides is 1. The molecule has 0 heterocycles. The molecule has 0 fully saturated rings. The first-order valence-electron chi connectivity index (χ1n) is 4.83. The summed E-state index contributed by atoms with van der Waals surface area (Å²) >= 11 is 0. The lowest BCUT2D eigenvalue weighted by Gasteiger charge is -2.14. The minimum absolute atomic E-state index is 0.257. The fourth-order valence-corrected chi connectivity index (χ4v) is 1.91. The molecular formula is C12H13NO. The van der Waals surface area contributed by atoms with Gasteiger partial charge in [-0.1, -0.05) is 30.4 Å². The number of rotatable bonds is 2. The van der Waals surface area contributed by atoms with Gasteiger partial charge in [-0.15, -0.1) is 0 Å². The van der Waals surface area contributed by atoms with Crippen LogP contribution in [0.25, 0.3) is 6.08 Å². The van der Waals surface area contributed by atoms with Crippen LogP contribution in [0.1, 0.15) is 23.1 Å².